The standard InChI is InChI=1S/C15H25NO/c17-15(4-6-16-5-3-14(15)10-16)9-13-8-11-1-2-12(13)7-11/h11-14,17H,1-10H2. The molecular formula is C15H25NO. The van der Waals surface area contributed by atoms with E-state index in [0.717, 1.165) is 37.1 Å². The molecule has 0 aromatic heterocycles. The number of hydrogen-bond acceptors (Lipinski definition) is 2. The number of aliphatic hydroxyl groups is 1. The summed E-state index contributed by atoms with van der Waals surface area (Å²) in [6, 6.07) is 0. The minimum absolute atomic E-state index is 0.290. The molecule has 2 heteroatoms. The Morgan fingerprint density at radius 3 is 2.82 bits per heavy atom. The number of rotatable bonds is 2. The van der Waals surface area contributed by atoms with Crippen LogP contribution in [-0.4, -0.2) is 35.2 Å². The van der Waals surface area contributed by atoms with Crippen LogP contribution >= 0.6 is 0 Å². The molecule has 6 unspecified atom stereocenters. The maximum atomic E-state index is 11.0. The van der Waals surface area contributed by atoms with Gasteiger partial charge in [0.25, 0.3) is 0 Å². The average Bonchev–Trinajstić information content (AvgIpc) is 3.00. The van der Waals surface area contributed by atoms with Gasteiger partial charge < -0.3 is 10.0 Å². The molecule has 2 saturated carbocycles. The van der Waals surface area contributed by atoms with Gasteiger partial charge in [0.1, 0.15) is 0 Å². The van der Waals surface area contributed by atoms with Crippen LogP contribution in [0.15, 0.2) is 0 Å². The van der Waals surface area contributed by atoms with E-state index in [0.29, 0.717) is 5.92 Å². The van der Waals surface area contributed by atoms with E-state index in [1.807, 2.05) is 0 Å². The molecule has 1 N–H and O–H groups in total. The summed E-state index contributed by atoms with van der Waals surface area (Å²) in [5, 5.41) is 11.0. The molecule has 4 bridgehead atoms. The van der Waals surface area contributed by atoms with Gasteiger partial charge in [-0.25, -0.2) is 0 Å². The average molecular weight is 235 g/mol. The van der Waals surface area contributed by atoms with Crippen molar-refractivity contribution >= 4 is 0 Å². The Bertz CT molecular complexity index is 318. The number of piperidine rings is 1. The van der Waals surface area contributed by atoms with Crippen LogP contribution in [0, 0.1) is 23.7 Å². The van der Waals surface area contributed by atoms with Gasteiger partial charge >= 0.3 is 0 Å². The van der Waals surface area contributed by atoms with Crippen LogP contribution in [0.4, 0.5) is 0 Å². The minimum Gasteiger partial charge on any atom is -0.389 e. The van der Waals surface area contributed by atoms with Gasteiger partial charge in [-0.3, -0.25) is 0 Å². The van der Waals surface area contributed by atoms with Crippen LogP contribution in [-0.2, 0) is 0 Å². The van der Waals surface area contributed by atoms with Gasteiger partial charge in [-0.2, -0.15) is 0 Å². The van der Waals surface area contributed by atoms with Crippen molar-refractivity contribution in [1.29, 1.82) is 0 Å². The lowest BCUT2D eigenvalue weighted by molar-refractivity contribution is -0.0669. The first kappa shape index (κ1) is 10.8. The normalized spacial score (nSPS) is 56.6. The Morgan fingerprint density at radius 1 is 1.12 bits per heavy atom. The number of nitrogens with zero attached hydrogens (tertiary/aromatic N) is 1. The fraction of sp³-hybridized carbons (Fsp3) is 1.00. The SMILES string of the molecule is OC1(CC2CC3CCC2C3)CCN2CCC1C2. The zero-order valence-electron chi connectivity index (χ0n) is 10.8. The maximum Gasteiger partial charge on any atom is 0.0703 e. The van der Waals surface area contributed by atoms with Crippen molar-refractivity contribution in [1.82, 2.24) is 4.90 Å². The zero-order valence-corrected chi connectivity index (χ0v) is 10.8. The van der Waals surface area contributed by atoms with E-state index in [1.165, 1.54) is 45.2 Å². The van der Waals surface area contributed by atoms with E-state index in [-0.39, 0.29) is 5.60 Å². The predicted molar refractivity (Wildman–Crippen MR) is 67.7 cm³/mol. The molecule has 2 saturated heterocycles. The molecule has 17 heavy (non-hydrogen) atoms. The first-order chi connectivity index (χ1) is 8.23. The summed E-state index contributed by atoms with van der Waals surface area (Å²) >= 11 is 0. The van der Waals surface area contributed by atoms with E-state index in [2.05, 4.69) is 4.90 Å². The molecule has 0 aromatic rings. The second kappa shape index (κ2) is 3.71. The van der Waals surface area contributed by atoms with Crippen molar-refractivity contribution in [3.63, 3.8) is 0 Å². The van der Waals surface area contributed by atoms with E-state index in [9.17, 15) is 5.11 Å². The van der Waals surface area contributed by atoms with Gasteiger partial charge in [0, 0.05) is 19.0 Å². The van der Waals surface area contributed by atoms with Gasteiger partial charge in [0.2, 0.25) is 0 Å². The quantitative estimate of drug-likeness (QED) is 0.793. The third-order valence-electron chi connectivity index (χ3n) is 6.39. The Hall–Kier alpha value is -0.0800. The zero-order chi connectivity index (χ0) is 11.5. The smallest absolute Gasteiger partial charge is 0.0703 e. The first-order valence-corrected chi connectivity index (χ1v) is 7.68. The molecule has 4 fully saturated rings. The van der Waals surface area contributed by atoms with Crippen LogP contribution < -0.4 is 0 Å². The van der Waals surface area contributed by atoms with Gasteiger partial charge in [-0.05, 0) is 62.8 Å². The maximum absolute atomic E-state index is 11.0. The topological polar surface area (TPSA) is 23.5 Å². The second-order valence-corrected chi connectivity index (χ2v) is 7.28. The summed E-state index contributed by atoms with van der Waals surface area (Å²) in [6.07, 6.45) is 9.29. The first-order valence-electron chi connectivity index (χ1n) is 7.68. The molecule has 4 rings (SSSR count). The fourth-order valence-electron chi connectivity index (χ4n) is 5.38. The molecule has 2 nitrogen and oxygen atoms in total. The minimum atomic E-state index is -0.290. The summed E-state index contributed by atoms with van der Waals surface area (Å²) in [5.41, 5.74) is -0.290. The molecule has 0 amide bonds. The fourth-order valence-corrected chi connectivity index (χ4v) is 5.38. The number of fused-ring (bicyclic) bond motifs is 4. The Labute approximate surface area is 104 Å². The van der Waals surface area contributed by atoms with Gasteiger partial charge in [0.15, 0.2) is 0 Å². The van der Waals surface area contributed by atoms with Crippen molar-refractivity contribution in [2.75, 3.05) is 19.6 Å². The summed E-state index contributed by atoms with van der Waals surface area (Å²) in [6.45, 7) is 3.56. The van der Waals surface area contributed by atoms with Gasteiger partial charge in [-0.15, -0.1) is 0 Å². The molecular weight excluding hydrogens is 210 g/mol. The lowest BCUT2D eigenvalue weighted by atomic mass is 9.72. The second-order valence-electron chi connectivity index (χ2n) is 7.28. The van der Waals surface area contributed by atoms with E-state index in [4.69, 9.17) is 0 Å². The van der Waals surface area contributed by atoms with Crippen LogP contribution in [0.3, 0.4) is 0 Å². The van der Waals surface area contributed by atoms with Crippen LogP contribution in [0.1, 0.15) is 44.9 Å². The van der Waals surface area contributed by atoms with Crippen molar-refractivity contribution in [2.45, 2.75) is 50.5 Å². The highest BCUT2D eigenvalue weighted by atomic mass is 16.3. The molecule has 96 valence electrons. The Morgan fingerprint density at radius 2 is 2.06 bits per heavy atom. The largest absolute Gasteiger partial charge is 0.389 e. The highest BCUT2D eigenvalue weighted by Gasteiger charge is 2.49. The Kier molecular flexibility index (Phi) is 2.36. The highest BCUT2D eigenvalue weighted by Crippen LogP contribution is 2.52. The molecule has 6 atom stereocenters. The van der Waals surface area contributed by atoms with E-state index >= 15 is 0 Å². The predicted octanol–water partition coefficient (Wildman–Crippen LogP) is 2.27. The van der Waals surface area contributed by atoms with E-state index in [1.54, 1.807) is 0 Å². The van der Waals surface area contributed by atoms with Crippen LogP contribution in [0.2, 0.25) is 0 Å². The van der Waals surface area contributed by atoms with Crippen molar-refractivity contribution in [3.05, 3.63) is 0 Å². The van der Waals surface area contributed by atoms with Crippen LogP contribution in [0.5, 0.6) is 0 Å². The highest BCUT2D eigenvalue weighted by molar-refractivity contribution is 5.01. The van der Waals surface area contributed by atoms with Crippen molar-refractivity contribution in [3.8, 4) is 0 Å². The lowest BCUT2D eigenvalue weighted by Gasteiger charge is -2.41. The van der Waals surface area contributed by atoms with Crippen LogP contribution in [0.25, 0.3) is 0 Å². The van der Waals surface area contributed by atoms with Crippen molar-refractivity contribution < 1.29 is 5.11 Å². The summed E-state index contributed by atoms with van der Waals surface area (Å²) in [4.78, 5) is 2.54. The Balaban J connectivity index is 1.47. The molecule has 4 aliphatic rings. The molecule has 0 spiro atoms. The molecule has 2 aliphatic heterocycles. The molecule has 0 aromatic carbocycles. The summed E-state index contributed by atoms with van der Waals surface area (Å²) in [7, 11) is 0. The summed E-state index contributed by atoms with van der Waals surface area (Å²) in [5.74, 6) is 3.46. The van der Waals surface area contributed by atoms with E-state index < -0.39 is 0 Å². The molecule has 2 heterocycles. The molecule has 0 radical (unpaired) electrons. The third kappa shape index (κ3) is 1.67. The third-order valence-corrected chi connectivity index (χ3v) is 6.39. The molecule has 2 aliphatic carbocycles. The van der Waals surface area contributed by atoms with Gasteiger partial charge in [0.05, 0.1) is 5.60 Å². The van der Waals surface area contributed by atoms with Crippen molar-refractivity contribution in [2.24, 2.45) is 23.7 Å². The van der Waals surface area contributed by atoms with Gasteiger partial charge in [-0.1, -0.05) is 6.42 Å². The lowest BCUT2D eigenvalue weighted by Crippen LogP contribution is -2.47. The summed E-state index contributed by atoms with van der Waals surface area (Å²) < 4.78 is 0. The number of hydrogen-bond donors (Lipinski definition) is 1. The monoisotopic (exact) mass is 235 g/mol.